The molecule has 0 spiro atoms. The quantitative estimate of drug-likeness (QED) is 0.878. The molecule has 1 amide bonds. The maximum Gasteiger partial charge on any atom is 0.241 e. The van der Waals surface area contributed by atoms with Crippen molar-refractivity contribution >= 4 is 15.9 Å². The summed E-state index contributed by atoms with van der Waals surface area (Å²) in [6.45, 7) is 1.71. The zero-order chi connectivity index (χ0) is 14.6. The number of nitrogens with one attached hydrogen (secondary N) is 1. The number of amides is 1. The van der Waals surface area contributed by atoms with Crippen molar-refractivity contribution in [3.63, 3.8) is 0 Å². The molecule has 0 aromatic heterocycles. The van der Waals surface area contributed by atoms with Gasteiger partial charge < -0.3 is 4.90 Å². The number of halogens is 1. The van der Waals surface area contributed by atoms with Gasteiger partial charge in [0.2, 0.25) is 15.9 Å². The van der Waals surface area contributed by atoms with Gasteiger partial charge in [-0.2, -0.15) is 4.72 Å². The molecule has 5 nitrogen and oxygen atoms in total. The van der Waals surface area contributed by atoms with Gasteiger partial charge in [-0.1, -0.05) is 6.92 Å². The third kappa shape index (κ3) is 4.00. The Labute approximate surface area is 112 Å². The Hall–Kier alpha value is -1.47. The molecule has 0 saturated heterocycles. The highest BCUT2D eigenvalue weighted by molar-refractivity contribution is 7.89. The molecular formula is C12H17FN2O3S. The van der Waals surface area contributed by atoms with E-state index in [1.165, 1.54) is 4.90 Å². The van der Waals surface area contributed by atoms with Crippen molar-refractivity contribution < 1.29 is 17.6 Å². The lowest BCUT2D eigenvalue weighted by molar-refractivity contribution is -0.130. The second-order valence-electron chi connectivity index (χ2n) is 4.27. The summed E-state index contributed by atoms with van der Waals surface area (Å²) in [7, 11) is -0.726. The molecule has 0 saturated carbocycles. The average Bonchev–Trinajstić information content (AvgIpc) is 2.35. The summed E-state index contributed by atoms with van der Waals surface area (Å²) in [4.78, 5) is 13.0. The molecule has 0 radical (unpaired) electrons. The van der Waals surface area contributed by atoms with E-state index in [1.54, 1.807) is 21.0 Å². The Balaban J connectivity index is 2.95. The molecule has 0 aliphatic heterocycles. The largest absolute Gasteiger partial charge is 0.347 e. The number of sulfonamides is 1. The van der Waals surface area contributed by atoms with Crippen molar-refractivity contribution in [2.45, 2.75) is 24.3 Å². The second kappa shape index (κ2) is 6.12. The Morgan fingerprint density at radius 1 is 1.32 bits per heavy atom. The van der Waals surface area contributed by atoms with E-state index in [0.29, 0.717) is 6.42 Å². The molecule has 106 valence electrons. The summed E-state index contributed by atoms with van der Waals surface area (Å²) in [6, 6.07) is 3.60. The number of carbonyl (C=O) groups excluding carboxylic acids is 1. The predicted molar refractivity (Wildman–Crippen MR) is 69.5 cm³/mol. The van der Waals surface area contributed by atoms with Crippen LogP contribution in [0, 0.1) is 5.82 Å². The minimum atomic E-state index is -3.83. The summed E-state index contributed by atoms with van der Waals surface area (Å²) >= 11 is 0. The molecule has 1 atom stereocenters. The molecule has 1 aromatic carbocycles. The van der Waals surface area contributed by atoms with Crippen molar-refractivity contribution in [1.29, 1.82) is 0 Å². The number of benzene rings is 1. The van der Waals surface area contributed by atoms with Gasteiger partial charge in [0.25, 0.3) is 0 Å². The molecule has 7 heteroatoms. The first-order valence-electron chi connectivity index (χ1n) is 5.77. The van der Waals surface area contributed by atoms with Crippen molar-refractivity contribution in [3.05, 3.63) is 30.1 Å². The van der Waals surface area contributed by atoms with Crippen LogP contribution in [0.2, 0.25) is 0 Å². The lowest BCUT2D eigenvalue weighted by Crippen LogP contribution is -2.45. The van der Waals surface area contributed by atoms with Gasteiger partial charge in [-0.25, -0.2) is 12.8 Å². The SMILES string of the molecule is CCC(NS(=O)(=O)c1ccc(F)cc1)C(=O)N(C)C. The summed E-state index contributed by atoms with van der Waals surface area (Å²) in [5.74, 6) is -0.844. The normalized spacial score (nSPS) is 13.1. The van der Waals surface area contributed by atoms with Crippen LogP contribution < -0.4 is 4.72 Å². The fraction of sp³-hybridized carbons (Fsp3) is 0.417. The van der Waals surface area contributed by atoms with Crippen LogP contribution in [0.4, 0.5) is 4.39 Å². The maximum atomic E-state index is 12.8. The van der Waals surface area contributed by atoms with Gasteiger partial charge in [0.05, 0.1) is 4.90 Å². The monoisotopic (exact) mass is 288 g/mol. The van der Waals surface area contributed by atoms with Crippen LogP contribution in [0.3, 0.4) is 0 Å². The van der Waals surface area contributed by atoms with E-state index in [4.69, 9.17) is 0 Å². The second-order valence-corrected chi connectivity index (χ2v) is 5.98. The summed E-state index contributed by atoms with van der Waals surface area (Å²) in [5, 5.41) is 0. The Morgan fingerprint density at radius 2 is 1.84 bits per heavy atom. The predicted octanol–water partition coefficient (Wildman–Crippen LogP) is 0.971. The molecule has 0 heterocycles. The van der Waals surface area contributed by atoms with Gasteiger partial charge in [-0.15, -0.1) is 0 Å². The van der Waals surface area contributed by atoms with E-state index in [2.05, 4.69) is 4.72 Å². The first kappa shape index (κ1) is 15.6. The molecule has 0 aliphatic rings. The van der Waals surface area contributed by atoms with E-state index in [0.717, 1.165) is 24.3 Å². The van der Waals surface area contributed by atoms with Crippen molar-refractivity contribution in [2.24, 2.45) is 0 Å². The Morgan fingerprint density at radius 3 is 2.26 bits per heavy atom. The van der Waals surface area contributed by atoms with E-state index in [-0.39, 0.29) is 10.8 Å². The third-order valence-corrected chi connectivity index (χ3v) is 4.06. The van der Waals surface area contributed by atoms with Gasteiger partial charge in [0.15, 0.2) is 0 Å². The van der Waals surface area contributed by atoms with Crippen molar-refractivity contribution in [3.8, 4) is 0 Å². The van der Waals surface area contributed by atoms with Crippen LogP contribution in [0.15, 0.2) is 29.2 Å². The minimum Gasteiger partial charge on any atom is -0.347 e. The van der Waals surface area contributed by atoms with Crippen LogP contribution in [0.25, 0.3) is 0 Å². The number of likely N-dealkylation sites (N-methyl/N-ethyl adjacent to an activating group) is 1. The zero-order valence-electron chi connectivity index (χ0n) is 11.1. The lowest BCUT2D eigenvalue weighted by Gasteiger charge is -2.20. The molecule has 1 aromatic rings. The highest BCUT2D eigenvalue weighted by Crippen LogP contribution is 2.11. The van der Waals surface area contributed by atoms with E-state index >= 15 is 0 Å². The summed E-state index contributed by atoms with van der Waals surface area (Å²) < 4.78 is 39.2. The topological polar surface area (TPSA) is 66.5 Å². The van der Waals surface area contributed by atoms with E-state index in [9.17, 15) is 17.6 Å². The standard InChI is InChI=1S/C12H17FN2O3S/c1-4-11(12(16)15(2)3)14-19(17,18)10-7-5-9(13)6-8-10/h5-8,11,14H,4H2,1-3H3. The number of nitrogens with zero attached hydrogens (tertiary/aromatic N) is 1. The van der Waals surface area contributed by atoms with Crippen molar-refractivity contribution in [1.82, 2.24) is 9.62 Å². The molecule has 0 aliphatic carbocycles. The molecule has 0 bridgehead atoms. The molecule has 0 fully saturated rings. The van der Waals surface area contributed by atoms with Crippen molar-refractivity contribution in [2.75, 3.05) is 14.1 Å². The maximum absolute atomic E-state index is 12.8. The number of rotatable bonds is 5. The number of carbonyl (C=O) groups is 1. The summed E-state index contributed by atoms with van der Waals surface area (Å²) in [5.41, 5.74) is 0. The van der Waals surface area contributed by atoms with Crippen LogP contribution in [-0.4, -0.2) is 39.4 Å². The van der Waals surface area contributed by atoms with Gasteiger partial charge in [0.1, 0.15) is 11.9 Å². The minimum absolute atomic E-state index is 0.0705. The Bertz CT molecular complexity index is 541. The smallest absolute Gasteiger partial charge is 0.241 e. The van der Waals surface area contributed by atoms with E-state index < -0.39 is 21.9 Å². The van der Waals surface area contributed by atoms with Crippen LogP contribution in [0.5, 0.6) is 0 Å². The van der Waals surface area contributed by atoms with Crippen LogP contribution >= 0.6 is 0 Å². The van der Waals surface area contributed by atoms with Crippen LogP contribution in [0.1, 0.15) is 13.3 Å². The summed E-state index contributed by atoms with van der Waals surface area (Å²) in [6.07, 6.45) is 0.331. The first-order chi connectivity index (χ1) is 8.77. The third-order valence-electron chi connectivity index (χ3n) is 2.57. The first-order valence-corrected chi connectivity index (χ1v) is 7.25. The van der Waals surface area contributed by atoms with Gasteiger partial charge in [0, 0.05) is 14.1 Å². The van der Waals surface area contributed by atoms with Gasteiger partial charge in [-0.05, 0) is 30.7 Å². The highest BCUT2D eigenvalue weighted by atomic mass is 32.2. The fourth-order valence-corrected chi connectivity index (χ4v) is 2.76. The molecule has 19 heavy (non-hydrogen) atoms. The molecular weight excluding hydrogens is 271 g/mol. The molecule has 1 N–H and O–H groups in total. The number of hydrogen-bond donors (Lipinski definition) is 1. The fourth-order valence-electron chi connectivity index (χ4n) is 1.49. The highest BCUT2D eigenvalue weighted by Gasteiger charge is 2.25. The van der Waals surface area contributed by atoms with Crippen LogP contribution in [-0.2, 0) is 14.8 Å². The van der Waals surface area contributed by atoms with Gasteiger partial charge in [-0.3, -0.25) is 4.79 Å². The zero-order valence-corrected chi connectivity index (χ0v) is 11.9. The molecule has 1 unspecified atom stereocenters. The molecule has 1 rings (SSSR count). The average molecular weight is 288 g/mol. The number of hydrogen-bond acceptors (Lipinski definition) is 3. The van der Waals surface area contributed by atoms with Gasteiger partial charge >= 0.3 is 0 Å². The van der Waals surface area contributed by atoms with E-state index in [1.807, 2.05) is 0 Å². The lowest BCUT2D eigenvalue weighted by atomic mass is 10.2. The Kier molecular flexibility index (Phi) is 5.02.